The van der Waals surface area contributed by atoms with Gasteiger partial charge in [0.1, 0.15) is 11.8 Å². The Hall–Kier alpha value is -0.620. The van der Waals surface area contributed by atoms with E-state index in [0.717, 1.165) is 11.3 Å². The quantitative estimate of drug-likeness (QED) is 0.674. The summed E-state index contributed by atoms with van der Waals surface area (Å²) in [6, 6.07) is 5.79. The summed E-state index contributed by atoms with van der Waals surface area (Å²) in [6.45, 7) is 2.07. The minimum atomic E-state index is -0.0822. The Balaban J connectivity index is 2.32. The molecule has 2 heterocycles. The van der Waals surface area contributed by atoms with Gasteiger partial charge in [-0.3, -0.25) is 5.84 Å². The van der Waals surface area contributed by atoms with Gasteiger partial charge < -0.3 is 4.42 Å². The third-order valence-electron chi connectivity index (χ3n) is 2.13. The van der Waals surface area contributed by atoms with Gasteiger partial charge in [0.15, 0.2) is 4.67 Å². The molecule has 0 aliphatic rings. The topological polar surface area (TPSA) is 51.2 Å². The van der Waals surface area contributed by atoms with E-state index in [2.05, 4.69) is 39.7 Å². The van der Waals surface area contributed by atoms with Gasteiger partial charge in [0.2, 0.25) is 0 Å². The van der Waals surface area contributed by atoms with Crippen molar-refractivity contribution in [1.82, 2.24) is 5.43 Å². The number of hydrazine groups is 1. The second-order valence-corrected chi connectivity index (χ2v) is 5.13. The maximum Gasteiger partial charge on any atom is 0.169 e. The van der Waals surface area contributed by atoms with Gasteiger partial charge in [-0.05, 0) is 52.0 Å². The maximum atomic E-state index is 5.53. The van der Waals surface area contributed by atoms with Gasteiger partial charge in [0.05, 0.1) is 0 Å². The van der Waals surface area contributed by atoms with E-state index in [1.165, 1.54) is 4.88 Å². The molecule has 2 aromatic heterocycles. The minimum absolute atomic E-state index is 0.0822. The SMILES string of the molecule is Cc1cc(C(NN)c2ccc(Br)o2)cs1. The molecule has 0 amide bonds. The van der Waals surface area contributed by atoms with E-state index in [0.29, 0.717) is 4.67 Å². The number of nitrogens with two attached hydrogens (primary N) is 1. The van der Waals surface area contributed by atoms with Crippen LogP contribution in [0.2, 0.25) is 0 Å². The number of aryl methyl sites for hydroxylation is 1. The lowest BCUT2D eigenvalue weighted by Gasteiger charge is -2.11. The van der Waals surface area contributed by atoms with Crippen LogP contribution in [0.25, 0.3) is 0 Å². The molecule has 2 rings (SSSR count). The van der Waals surface area contributed by atoms with Crippen molar-refractivity contribution in [3.63, 3.8) is 0 Å². The number of hydrogen-bond donors (Lipinski definition) is 2. The Labute approximate surface area is 100 Å². The monoisotopic (exact) mass is 286 g/mol. The largest absolute Gasteiger partial charge is 0.452 e. The van der Waals surface area contributed by atoms with Gasteiger partial charge in [-0.1, -0.05) is 0 Å². The molecule has 15 heavy (non-hydrogen) atoms. The second kappa shape index (κ2) is 4.49. The van der Waals surface area contributed by atoms with Crippen molar-refractivity contribution in [2.45, 2.75) is 13.0 Å². The van der Waals surface area contributed by atoms with Crippen molar-refractivity contribution in [1.29, 1.82) is 0 Å². The van der Waals surface area contributed by atoms with Crippen molar-refractivity contribution < 1.29 is 4.42 Å². The molecule has 3 nitrogen and oxygen atoms in total. The number of halogens is 1. The van der Waals surface area contributed by atoms with Gasteiger partial charge in [-0.15, -0.1) is 11.3 Å². The first kappa shape index (κ1) is 10.9. The first-order valence-electron chi connectivity index (χ1n) is 4.47. The Bertz CT molecular complexity index is 411. The normalized spacial score (nSPS) is 13.0. The Kier molecular flexibility index (Phi) is 3.25. The molecular weight excluding hydrogens is 276 g/mol. The zero-order valence-electron chi connectivity index (χ0n) is 8.16. The van der Waals surface area contributed by atoms with E-state index in [1.807, 2.05) is 12.1 Å². The van der Waals surface area contributed by atoms with E-state index >= 15 is 0 Å². The molecule has 3 N–H and O–H groups in total. The highest BCUT2D eigenvalue weighted by atomic mass is 79.9. The fraction of sp³-hybridized carbons (Fsp3) is 0.200. The molecule has 80 valence electrons. The highest BCUT2D eigenvalue weighted by Gasteiger charge is 2.16. The van der Waals surface area contributed by atoms with Crippen LogP contribution in [0.4, 0.5) is 0 Å². The molecular formula is C10H11BrN2OS. The van der Waals surface area contributed by atoms with E-state index in [4.69, 9.17) is 10.3 Å². The predicted octanol–water partition coefficient (Wildman–Crippen LogP) is 2.96. The summed E-state index contributed by atoms with van der Waals surface area (Å²) in [4.78, 5) is 1.26. The molecule has 1 unspecified atom stereocenters. The van der Waals surface area contributed by atoms with Crippen molar-refractivity contribution in [3.05, 3.63) is 44.4 Å². The first-order chi connectivity index (χ1) is 7.20. The summed E-state index contributed by atoms with van der Waals surface area (Å²) in [5.41, 5.74) is 3.88. The van der Waals surface area contributed by atoms with Crippen LogP contribution in [-0.4, -0.2) is 0 Å². The second-order valence-electron chi connectivity index (χ2n) is 3.23. The molecule has 1 atom stereocenters. The van der Waals surface area contributed by atoms with Gasteiger partial charge in [0.25, 0.3) is 0 Å². The van der Waals surface area contributed by atoms with Crippen molar-refractivity contribution in [2.75, 3.05) is 0 Å². The van der Waals surface area contributed by atoms with Crippen LogP contribution < -0.4 is 11.3 Å². The first-order valence-corrected chi connectivity index (χ1v) is 6.14. The fourth-order valence-corrected chi connectivity index (χ4v) is 2.49. The highest BCUT2D eigenvalue weighted by Crippen LogP contribution is 2.28. The van der Waals surface area contributed by atoms with Crippen LogP contribution in [-0.2, 0) is 0 Å². The number of nitrogens with one attached hydrogen (secondary N) is 1. The minimum Gasteiger partial charge on any atom is -0.452 e. The number of furan rings is 1. The van der Waals surface area contributed by atoms with Crippen LogP contribution in [0.5, 0.6) is 0 Å². The zero-order valence-corrected chi connectivity index (χ0v) is 10.6. The average molecular weight is 287 g/mol. The van der Waals surface area contributed by atoms with Crippen LogP contribution in [0.1, 0.15) is 22.2 Å². The fourth-order valence-electron chi connectivity index (χ4n) is 1.44. The van der Waals surface area contributed by atoms with Crippen molar-refractivity contribution in [3.8, 4) is 0 Å². The standard InChI is InChI=1S/C10H11BrN2OS/c1-6-4-7(5-15-6)10(13-12)8-2-3-9(11)14-8/h2-5,10,13H,12H2,1H3. The number of rotatable bonds is 3. The molecule has 0 aromatic carbocycles. The van der Waals surface area contributed by atoms with Gasteiger partial charge in [0, 0.05) is 4.88 Å². The third kappa shape index (κ3) is 2.31. The molecule has 0 saturated carbocycles. The zero-order chi connectivity index (χ0) is 10.8. The Morgan fingerprint density at radius 3 is 2.80 bits per heavy atom. The molecule has 2 aromatic rings. The smallest absolute Gasteiger partial charge is 0.169 e. The maximum absolute atomic E-state index is 5.53. The summed E-state index contributed by atoms with van der Waals surface area (Å²) < 4.78 is 6.19. The van der Waals surface area contributed by atoms with Crippen LogP contribution in [0, 0.1) is 6.92 Å². The summed E-state index contributed by atoms with van der Waals surface area (Å²) in [6.07, 6.45) is 0. The van der Waals surface area contributed by atoms with Gasteiger partial charge >= 0.3 is 0 Å². The Morgan fingerprint density at radius 1 is 1.53 bits per heavy atom. The molecule has 0 fully saturated rings. The van der Waals surface area contributed by atoms with E-state index < -0.39 is 0 Å². The molecule has 0 radical (unpaired) electrons. The van der Waals surface area contributed by atoms with Crippen molar-refractivity contribution in [2.24, 2.45) is 5.84 Å². The summed E-state index contributed by atoms with van der Waals surface area (Å²) in [5.74, 6) is 6.34. The van der Waals surface area contributed by atoms with Gasteiger partial charge in [-0.2, -0.15) is 0 Å². The van der Waals surface area contributed by atoms with E-state index in [-0.39, 0.29) is 6.04 Å². The predicted molar refractivity (Wildman–Crippen MR) is 64.6 cm³/mol. The molecule has 0 bridgehead atoms. The molecule has 0 aliphatic heterocycles. The summed E-state index contributed by atoms with van der Waals surface area (Å²) in [7, 11) is 0. The Morgan fingerprint density at radius 2 is 2.33 bits per heavy atom. The molecule has 5 heteroatoms. The van der Waals surface area contributed by atoms with Crippen molar-refractivity contribution >= 4 is 27.3 Å². The summed E-state index contributed by atoms with van der Waals surface area (Å²) >= 11 is 4.98. The molecule has 0 aliphatic carbocycles. The number of thiophene rings is 1. The number of hydrogen-bond acceptors (Lipinski definition) is 4. The lowest BCUT2D eigenvalue weighted by Crippen LogP contribution is -2.28. The van der Waals surface area contributed by atoms with Crippen LogP contribution in [0.15, 0.2) is 32.7 Å². The highest BCUT2D eigenvalue weighted by molar-refractivity contribution is 9.10. The van der Waals surface area contributed by atoms with E-state index in [9.17, 15) is 0 Å². The summed E-state index contributed by atoms with van der Waals surface area (Å²) in [5, 5.41) is 2.08. The lowest BCUT2D eigenvalue weighted by molar-refractivity contribution is 0.438. The van der Waals surface area contributed by atoms with Crippen LogP contribution in [0.3, 0.4) is 0 Å². The van der Waals surface area contributed by atoms with Gasteiger partial charge in [-0.25, -0.2) is 5.43 Å². The lowest BCUT2D eigenvalue weighted by atomic mass is 10.1. The van der Waals surface area contributed by atoms with E-state index in [1.54, 1.807) is 11.3 Å². The average Bonchev–Trinajstić information content (AvgIpc) is 2.78. The van der Waals surface area contributed by atoms with Crippen LogP contribution >= 0.6 is 27.3 Å². The molecule has 0 saturated heterocycles. The third-order valence-corrected chi connectivity index (χ3v) is 3.44. The molecule has 0 spiro atoms.